The zero-order chi connectivity index (χ0) is 17.5. The molecule has 1 aliphatic heterocycles. The third kappa shape index (κ3) is 4.83. The Morgan fingerprint density at radius 2 is 2.08 bits per heavy atom. The number of ether oxygens (including phenoxy) is 1. The van der Waals surface area contributed by atoms with Gasteiger partial charge < -0.3 is 15.0 Å². The second kappa shape index (κ2) is 8.81. The van der Waals surface area contributed by atoms with Crippen LogP contribution in [0.3, 0.4) is 0 Å². The molecule has 1 aliphatic carbocycles. The minimum Gasteiger partial charge on any atom is -0.384 e. The fraction of sp³-hybridized carbons (Fsp3) is 0.667. The van der Waals surface area contributed by atoms with Gasteiger partial charge in [-0.2, -0.15) is 0 Å². The standard InChI is InChI=1S/C21H32N2O2/c1-25-17-21(11-6-12-21)20(24)22-15-19-9-5-13-23(16-19)14-10-18-7-3-2-4-8-18/h2-4,7-8,19H,5-6,9-17H2,1H3,(H,22,24)/t19-/m1/s1. The molecule has 1 atom stereocenters. The number of nitrogens with zero attached hydrogens (tertiary/aromatic N) is 1. The summed E-state index contributed by atoms with van der Waals surface area (Å²) in [6, 6.07) is 10.7. The third-order valence-electron chi connectivity index (χ3n) is 5.93. The maximum Gasteiger partial charge on any atom is 0.228 e. The number of rotatable bonds is 8. The van der Waals surface area contributed by atoms with Crippen LogP contribution in [0, 0.1) is 11.3 Å². The zero-order valence-corrected chi connectivity index (χ0v) is 15.5. The predicted molar refractivity (Wildman–Crippen MR) is 100 cm³/mol. The Bertz CT molecular complexity index is 542. The van der Waals surface area contributed by atoms with Gasteiger partial charge in [0.2, 0.25) is 5.91 Å². The largest absolute Gasteiger partial charge is 0.384 e. The molecule has 2 aliphatic rings. The lowest BCUT2D eigenvalue weighted by Gasteiger charge is -2.40. The van der Waals surface area contributed by atoms with Gasteiger partial charge in [0.05, 0.1) is 12.0 Å². The van der Waals surface area contributed by atoms with Crippen molar-refractivity contribution in [2.24, 2.45) is 11.3 Å². The van der Waals surface area contributed by atoms with Crippen LogP contribution in [0.5, 0.6) is 0 Å². The molecule has 1 N–H and O–H groups in total. The first kappa shape index (κ1) is 18.4. The van der Waals surface area contributed by atoms with E-state index in [-0.39, 0.29) is 11.3 Å². The van der Waals surface area contributed by atoms with Crippen molar-refractivity contribution in [2.45, 2.75) is 38.5 Å². The molecule has 3 rings (SSSR count). The summed E-state index contributed by atoms with van der Waals surface area (Å²) in [6.07, 6.45) is 6.66. The molecular formula is C21H32N2O2. The Kier molecular flexibility index (Phi) is 6.49. The minimum atomic E-state index is -0.240. The van der Waals surface area contributed by atoms with Gasteiger partial charge in [-0.05, 0) is 50.1 Å². The zero-order valence-electron chi connectivity index (χ0n) is 15.5. The minimum absolute atomic E-state index is 0.210. The van der Waals surface area contributed by atoms with Gasteiger partial charge in [0.15, 0.2) is 0 Å². The Labute approximate surface area is 151 Å². The molecule has 138 valence electrons. The monoisotopic (exact) mass is 344 g/mol. The summed E-state index contributed by atoms with van der Waals surface area (Å²) in [5, 5.41) is 3.23. The van der Waals surface area contributed by atoms with Gasteiger partial charge in [-0.1, -0.05) is 36.8 Å². The van der Waals surface area contributed by atoms with E-state index in [1.165, 1.54) is 24.9 Å². The van der Waals surface area contributed by atoms with E-state index in [1.807, 2.05) is 0 Å². The lowest BCUT2D eigenvalue weighted by molar-refractivity contribution is -0.140. The van der Waals surface area contributed by atoms with Crippen molar-refractivity contribution in [3.05, 3.63) is 35.9 Å². The highest BCUT2D eigenvalue weighted by atomic mass is 16.5. The average molecular weight is 344 g/mol. The lowest BCUT2D eigenvalue weighted by atomic mass is 9.68. The summed E-state index contributed by atoms with van der Waals surface area (Å²) < 4.78 is 5.28. The van der Waals surface area contributed by atoms with Crippen LogP contribution in [-0.2, 0) is 16.0 Å². The maximum atomic E-state index is 12.6. The molecule has 25 heavy (non-hydrogen) atoms. The normalized spacial score (nSPS) is 23.0. The van der Waals surface area contributed by atoms with Crippen LogP contribution >= 0.6 is 0 Å². The summed E-state index contributed by atoms with van der Waals surface area (Å²) in [7, 11) is 1.69. The Hall–Kier alpha value is -1.39. The summed E-state index contributed by atoms with van der Waals surface area (Å²) in [6.45, 7) is 4.77. The van der Waals surface area contributed by atoms with E-state index in [4.69, 9.17) is 4.74 Å². The highest BCUT2D eigenvalue weighted by molar-refractivity contribution is 5.83. The quantitative estimate of drug-likeness (QED) is 0.788. The third-order valence-corrected chi connectivity index (χ3v) is 5.93. The van der Waals surface area contributed by atoms with Gasteiger partial charge in [0.1, 0.15) is 0 Å². The van der Waals surface area contributed by atoms with Crippen molar-refractivity contribution in [3.63, 3.8) is 0 Å². The van der Waals surface area contributed by atoms with Crippen LogP contribution in [-0.4, -0.2) is 50.7 Å². The van der Waals surface area contributed by atoms with E-state index in [0.717, 1.165) is 45.3 Å². The van der Waals surface area contributed by atoms with E-state index < -0.39 is 0 Å². The predicted octanol–water partition coefficient (Wildman–Crippen LogP) is 2.87. The van der Waals surface area contributed by atoms with Crippen molar-refractivity contribution in [1.82, 2.24) is 10.2 Å². The van der Waals surface area contributed by atoms with Crippen LogP contribution in [0.15, 0.2) is 30.3 Å². The number of hydrogen-bond acceptors (Lipinski definition) is 3. The fourth-order valence-electron chi connectivity index (χ4n) is 4.19. The van der Waals surface area contributed by atoms with Gasteiger partial charge in [-0.25, -0.2) is 0 Å². The average Bonchev–Trinajstić information content (AvgIpc) is 2.62. The van der Waals surface area contributed by atoms with Crippen LogP contribution < -0.4 is 5.32 Å². The second-order valence-electron chi connectivity index (χ2n) is 7.82. The summed E-state index contributed by atoms with van der Waals surface area (Å²) in [5.41, 5.74) is 1.17. The number of methoxy groups -OCH3 is 1. The molecule has 0 spiro atoms. The highest BCUT2D eigenvalue weighted by Gasteiger charge is 2.44. The fourth-order valence-corrected chi connectivity index (χ4v) is 4.19. The first-order valence-corrected chi connectivity index (χ1v) is 9.75. The summed E-state index contributed by atoms with van der Waals surface area (Å²) in [4.78, 5) is 15.1. The molecule has 0 unspecified atom stereocenters. The number of nitrogens with one attached hydrogen (secondary N) is 1. The molecule has 1 heterocycles. The number of carbonyl (C=O) groups is 1. The highest BCUT2D eigenvalue weighted by Crippen LogP contribution is 2.41. The molecule has 1 saturated heterocycles. The van der Waals surface area contributed by atoms with Crippen molar-refractivity contribution in [3.8, 4) is 0 Å². The van der Waals surface area contributed by atoms with E-state index in [0.29, 0.717) is 12.5 Å². The van der Waals surface area contributed by atoms with E-state index >= 15 is 0 Å². The molecule has 4 nitrogen and oxygen atoms in total. The Balaban J connectivity index is 1.41. The first-order chi connectivity index (χ1) is 12.2. The molecule has 0 aromatic heterocycles. The van der Waals surface area contributed by atoms with Crippen molar-refractivity contribution in [2.75, 3.05) is 39.9 Å². The van der Waals surface area contributed by atoms with E-state index in [1.54, 1.807) is 7.11 Å². The maximum absolute atomic E-state index is 12.6. The van der Waals surface area contributed by atoms with E-state index in [2.05, 4.69) is 40.5 Å². The smallest absolute Gasteiger partial charge is 0.228 e. The lowest BCUT2D eigenvalue weighted by Crippen LogP contribution is -2.50. The van der Waals surface area contributed by atoms with Gasteiger partial charge in [-0.3, -0.25) is 4.79 Å². The number of hydrogen-bond donors (Lipinski definition) is 1. The van der Waals surface area contributed by atoms with Crippen LogP contribution in [0.1, 0.15) is 37.7 Å². The van der Waals surface area contributed by atoms with Gasteiger partial charge in [0, 0.05) is 26.7 Å². The van der Waals surface area contributed by atoms with Crippen molar-refractivity contribution < 1.29 is 9.53 Å². The number of benzene rings is 1. The molecule has 2 fully saturated rings. The summed E-state index contributed by atoms with van der Waals surface area (Å²) >= 11 is 0. The molecule has 1 aromatic carbocycles. The molecule has 0 radical (unpaired) electrons. The number of piperidine rings is 1. The van der Waals surface area contributed by atoms with Crippen molar-refractivity contribution in [1.29, 1.82) is 0 Å². The Morgan fingerprint density at radius 1 is 1.28 bits per heavy atom. The van der Waals surface area contributed by atoms with E-state index in [9.17, 15) is 4.79 Å². The molecule has 4 heteroatoms. The molecule has 1 amide bonds. The van der Waals surface area contributed by atoms with Crippen LogP contribution in [0.4, 0.5) is 0 Å². The molecule has 1 aromatic rings. The molecule has 1 saturated carbocycles. The number of amides is 1. The SMILES string of the molecule is COCC1(C(=O)NC[C@H]2CCCN(CCc3ccccc3)C2)CCC1. The van der Waals surface area contributed by atoms with Gasteiger partial charge in [-0.15, -0.1) is 0 Å². The number of likely N-dealkylation sites (tertiary alicyclic amines) is 1. The van der Waals surface area contributed by atoms with Gasteiger partial charge >= 0.3 is 0 Å². The topological polar surface area (TPSA) is 41.6 Å². The number of carbonyl (C=O) groups excluding carboxylic acids is 1. The van der Waals surface area contributed by atoms with Gasteiger partial charge in [0.25, 0.3) is 0 Å². The van der Waals surface area contributed by atoms with Crippen molar-refractivity contribution >= 4 is 5.91 Å². The van der Waals surface area contributed by atoms with Crippen LogP contribution in [0.2, 0.25) is 0 Å². The second-order valence-corrected chi connectivity index (χ2v) is 7.82. The molecular weight excluding hydrogens is 312 g/mol. The van der Waals surface area contributed by atoms with Crippen LogP contribution in [0.25, 0.3) is 0 Å². The summed E-state index contributed by atoms with van der Waals surface area (Å²) in [5.74, 6) is 0.787. The Morgan fingerprint density at radius 3 is 2.76 bits per heavy atom. The molecule has 0 bridgehead atoms. The first-order valence-electron chi connectivity index (χ1n) is 9.75.